The monoisotopic (exact) mass is 511 g/mol. The summed E-state index contributed by atoms with van der Waals surface area (Å²) in [6.07, 6.45) is 3.38. The molecule has 1 aliphatic heterocycles. The van der Waals surface area contributed by atoms with Gasteiger partial charge in [0.1, 0.15) is 0 Å². The molecular formula is C29H29N5O4. The van der Waals surface area contributed by atoms with Crippen LogP contribution in [0.5, 0.6) is 5.75 Å². The van der Waals surface area contributed by atoms with Gasteiger partial charge in [0.15, 0.2) is 0 Å². The van der Waals surface area contributed by atoms with Gasteiger partial charge in [-0.2, -0.15) is 0 Å². The van der Waals surface area contributed by atoms with Crippen molar-refractivity contribution in [3.05, 3.63) is 105 Å². The quantitative estimate of drug-likeness (QED) is 0.309. The molecule has 2 aromatic carbocycles. The van der Waals surface area contributed by atoms with E-state index in [2.05, 4.69) is 61.4 Å². The van der Waals surface area contributed by atoms with Gasteiger partial charge in [-0.15, -0.1) is 0 Å². The average Bonchev–Trinajstić information content (AvgIpc) is 3.47. The third-order valence-corrected chi connectivity index (χ3v) is 6.46. The van der Waals surface area contributed by atoms with E-state index in [9.17, 15) is 9.90 Å². The Labute approximate surface area is 220 Å². The van der Waals surface area contributed by atoms with Crippen LogP contribution in [0.25, 0.3) is 0 Å². The van der Waals surface area contributed by atoms with E-state index in [1.807, 2.05) is 24.3 Å². The summed E-state index contributed by atoms with van der Waals surface area (Å²) < 4.78 is 10.5. The molecule has 194 valence electrons. The van der Waals surface area contributed by atoms with Gasteiger partial charge in [-0.3, -0.25) is 9.69 Å². The van der Waals surface area contributed by atoms with Gasteiger partial charge in [0.05, 0.1) is 31.4 Å². The summed E-state index contributed by atoms with van der Waals surface area (Å²) in [4.78, 5) is 21.0. The molecule has 0 spiro atoms. The van der Waals surface area contributed by atoms with Crippen LogP contribution in [0.15, 0.2) is 76.4 Å². The van der Waals surface area contributed by atoms with Crippen molar-refractivity contribution in [2.24, 2.45) is 0 Å². The van der Waals surface area contributed by atoms with Gasteiger partial charge < -0.3 is 24.7 Å². The summed E-state index contributed by atoms with van der Waals surface area (Å²) in [5.41, 5.74) is 3.92. The van der Waals surface area contributed by atoms with Crippen LogP contribution in [-0.2, 0) is 17.7 Å². The second-order valence-corrected chi connectivity index (χ2v) is 9.16. The minimum absolute atomic E-state index is 0.282. The standard InChI is InChI=1S/C29H29N5O4/c35-28-27(31-20-32-29(28)36)25(18-30-26-11-12-33-38-26)17-23-7-3-21(4-8-23)1-2-22-5-9-24(10-6-22)19-34-13-15-37-16-14-34/h3-12,20,25,30,35H,13-19H2,(H,31,32,36). The smallest absolute Gasteiger partial charge is 0.293 e. The largest absolute Gasteiger partial charge is 0.502 e. The highest BCUT2D eigenvalue weighted by Crippen LogP contribution is 2.25. The Morgan fingerprint density at radius 3 is 2.34 bits per heavy atom. The highest BCUT2D eigenvalue weighted by molar-refractivity contribution is 5.44. The minimum Gasteiger partial charge on any atom is -0.502 e. The van der Waals surface area contributed by atoms with Crippen molar-refractivity contribution >= 4 is 5.88 Å². The van der Waals surface area contributed by atoms with Crippen LogP contribution in [0.3, 0.4) is 0 Å². The molecule has 1 atom stereocenters. The van der Waals surface area contributed by atoms with Crippen molar-refractivity contribution in [2.45, 2.75) is 18.9 Å². The van der Waals surface area contributed by atoms with Crippen molar-refractivity contribution in [3.63, 3.8) is 0 Å². The maximum Gasteiger partial charge on any atom is 0.293 e. The number of benzene rings is 2. The molecule has 0 aliphatic carbocycles. The molecule has 2 aromatic heterocycles. The zero-order valence-electron chi connectivity index (χ0n) is 20.9. The Balaban J connectivity index is 1.24. The molecule has 0 saturated carbocycles. The summed E-state index contributed by atoms with van der Waals surface area (Å²) in [6, 6.07) is 18.0. The third kappa shape index (κ3) is 6.68. The number of anilines is 1. The maximum atomic E-state index is 12.0. The van der Waals surface area contributed by atoms with Gasteiger partial charge in [-0.1, -0.05) is 41.3 Å². The fourth-order valence-corrected chi connectivity index (χ4v) is 4.37. The summed E-state index contributed by atoms with van der Waals surface area (Å²) in [6.45, 7) is 4.86. The van der Waals surface area contributed by atoms with E-state index in [1.54, 1.807) is 12.3 Å². The number of aromatic hydroxyl groups is 1. The predicted octanol–water partition coefficient (Wildman–Crippen LogP) is 3.13. The molecule has 9 nitrogen and oxygen atoms in total. The van der Waals surface area contributed by atoms with Crippen molar-refractivity contribution in [2.75, 3.05) is 38.2 Å². The van der Waals surface area contributed by atoms with E-state index in [0.29, 0.717) is 24.5 Å². The number of hydrogen-bond acceptors (Lipinski definition) is 8. The van der Waals surface area contributed by atoms with E-state index in [-0.39, 0.29) is 11.7 Å². The maximum absolute atomic E-state index is 12.0. The molecule has 4 aromatic rings. The highest BCUT2D eigenvalue weighted by atomic mass is 16.5. The second kappa shape index (κ2) is 12.2. The van der Waals surface area contributed by atoms with E-state index in [4.69, 9.17) is 9.26 Å². The number of nitrogens with one attached hydrogen (secondary N) is 2. The Morgan fingerprint density at radius 1 is 1.00 bits per heavy atom. The summed E-state index contributed by atoms with van der Waals surface area (Å²) in [5, 5.41) is 17.2. The summed E-state index contributed by atoms with van der Waals surface area (Å²) in [7, 11) is 0. The minimum atomic E-state index is -0.570. The first-order valence-electron chi connectivity index (χ1n) is 12.5. The first kappa shape index (κ1) is 25.3. The van der Waals surface area contributed by atoms with Gasteiger partial charge in [-0.25, -0.2) is 4.98 Å². The fraction of sp³-hybridized carbons (Fsp3) is 0.276. The van der Waals surface area contributed by atoms with Crippen LogP contribution < -0.4 is 10.9 Å². The number of nitrogens with zero attached hydrogens (tertiary/aromatic N) is 3. The normalized spacial score (nSPS) is 14.4. The number of rotatable bonds is 8. The first-order valence-corrected chi connectivity index (χ1v) is 12.5. The predicted molar refractivity (Wildman–Crippen MR) is 143 cm³/mol. The Kier molecular flexibility index (Phi) is 8.13. The molecule has 0 amide bonds. The average molecular weight is 512 g/mol. The molecule has 0 bridgehead atoms. The Morgan fingerprint density at radius 2 is 1.68 bits per heavy atom. The van der Waals surface area contributed by atoms with Crippen molar-refractivity contribution in [1.82, 2.24) is 20.0 Å². The van der Waals surface area contributed by atoms with Gasteiger partial charge in [0.25, 0.3) is 5.56 Å². The van der Waals surface area contributed by atoms with Gasteiger partial charge >= 0.3 is 0 Å². The molecule has 1 fully saturated rings. The van der Waals surface area contributed by atoms with Crippen LogP contribution in [0.1, 0.15) is 33.9 Å². The summed E-state index contributed by atoms with van der Waals surface area (Å²) in [5.74, 6) is 6.30. The zero-order valence-corrected chi connectivity index (χ0v) is 20.9. The number of morpholine rings is 1. The molecule has 1 saturated heterocycles. The van der Waals surface area contributed by atoms with E-state index in [0.717, 1.165) is 49.5 Å². The van der Waals surface area contributed by atoms with Crippen LogP contribution in [0.2, 0.25) is 0 Å². The lowest BCUT2D eigenvalue weighted by Crippen LogP contribution is -2.35. The van der Waals surface area contributed by atoms with E-state index >= 15 is 0 Å². The molecular weight excluding hydrogens is 482 g/mol. The van der Waals surface area contributed by atoms with Gasteiger partial charge in [0, 0.05) is 49.3 Å². The van der Waals surface area contributed by atoms with Crippen LogP contribution in [-0.4, -0.2) is 58.0 Å². The molecule has 9 heteroatoms. The fourth-order valence-electron chi connectivity index (χ4n) is 4.37. The van der Waals surface area contributed by atoms with Crippen molar-refractivity contribution in [1.29, 1.82) is 0 Å². The lowest BCUT2D eigenvalue weighted by molar-refractivity contribution is 0.0342. The number of ether oxygens (including phenoxy) is 1. The van der Waals surface area contributed by atoms with Crippen molar-refractivity contribution in [3.8, 4) is 17.6 Å². The Hall–Kier alpha value is -4.39. The molecule has 38 heavy (non-hydrogen) atoms. The number of hydrogen-bond donors (Lipinski definition) is 3. The lowest BCUT2D eigenvalue weighted by atomic mass is 9.94. The lowest BCUT2D eigenvalue weighted by Gasteiger charge is -2.26. The topological polar surface area (TPSA) is 117 Å². The van der Waals surface area contributed by atoms with E-state index in [1.165, 1.54) is 11.9 Å². The van der Waals surface area contributed by atoms with Gasteiger partial charge in [-0.05, 0) is 41.8 Å². The number of aromatic amines is 1. The van der Waals surface area contributed by atoms with Crippen LogP contribution in [0.4, 0.5) is 5.88 Å². The highest BCUT2D eigenvalue weighted by Gasteiger charge is 2.20. The van der Waals surface area contributed by atoms with Crippen LogP contribution in [0, 0.1) is 11.8 Å². The van der Waals surface area contributed by atoms with Gasteiger partial charge in [0.2, 0.25) is 11.6 Å². The zero-order chi connectivity index (χ0) is 26.2. The summed E-state index contributed by atoms with van der Waals surface area (Å²) >= 11 is 0. The van der Waals surface area contributed by atoms with Crippen LogP contribution >= 0.6 is 0 Å². The van der Waals surface area contributed by atoms with Crippen molar-refractivity contribution < 1.29 is 14.4 Å². The molecule has 3 N–H and O–H groups in total. The first-order chi connectivity index (χ1) is 18.6. The number of H-pyrrole nitrogens is 1. The molecule has 1 unspecified atom stereocenters. The SMILES string of the molecule is O=c1[nH]cnc(C(CNc2ccno2)Cc2ccc(C#Cc3ccc(CN4CCOCC4)cc3)cc2)c1O. The Bertz CT molecular complexity index is 1430. The number of aromatic nitrogens is 3. The molecule has 0 radical (unpaired) electrons. The molecule has 5 rings (SSSR count). The third-order valence-electron chi connectivity index (χ3n) is 6.46. The second-order valence-electron chi connectivity index (χ2n) is 9.16. The molecule has 1 aliphatic rings. The van der Waals surface area contributed by atoms with E-state index < -0.39 is 5.56 Å². The molecule has 3 heterocycles.